The van der Waals surface area contributed by atoms with Crippen molar-refractivity contribution in [2.75, 3.05) is 12.0 Å². The molecule has 1 aromatic heterocycles. The van der Waals surface area contributed by atoms with E-state index in [2.05, 4.69) is 20.9 Å². The van der Waals surface area contributed by atoms with Gasteiger partial charge < -0.3 is 20.7 Å². The number of hydrogen-bond donors (Lipinski definition) is 3. The largest absolute Gasteiger partial charge is 0.456 e. The third-order valence-corrected chi connectivity index (χ3v) is 7.08. The first-order valence-electron chi connectivity index (χ1n) is 12.1. The van der Waals surface area contributed by atoms with Gasteiger partial charge in [0.15, 0.2) is 5.12 Å². The summed E-state index contributed by atoms with van der Waals surface area (Å²) in [7, 11) is 0. The Hall–Kier alpha value is -3.12. The second-order valence-electron chi connectivity index (χ2n) is 8.71. The van der Waals surface area contributed by atoms with Gasteiger partial charge in [0.2, 0.25) is 5.91 Å². The van der Waals surface area contributed by atoms with E-state index in [1.807, 2.05) is 6.26 Å². The molecular weight excluding hydrogens is 528 g/mol. The number of cyclic esters (lactones) is 1. The van der Waals surface area contributed by atoms with Crippen molar-refractivity contribution in [1.82, 2.24) is 20.9 Å². The van der Waals surface area contributed by atoms with Gasteiger partial charge >= 0.3 is 5.97 Å². The molecule has 2 atom stereocenters. The van der Waals surface area contributed by atoms with Crippen LogP contribution in [0, 0.1) is 5.92 Å². The Morgan fingerprint density at radius 2 is 1.95 bits per heavy atom. The van der Waals surface area contributed by atoms with Crippen LogP contribution in [0.25, 0.3) is 0 Å². The molecule has 3 amide bonds. The van der Waals surface area contributed by atoms with Crippen LogP contribution in [0.3, 0.4) is 0 Å². The van der Waals surface area contributed by atoms with E-state index in [0.717, 1.165) is 4.90 Å². The molecule has 1 aliphatic rings. The fourth-order valence-electron chi connectivity index (χ4n) is 3.42. The molecule has 0 fully saturated rings. The number of hydrogen-bond acceptors (Lipinski definition) is 9. The summed E-state index contributed by atoms with van der Waals surface area (Å²) in [5.74, 6) is -2.14. The molecule has 0 aromatic carbocycles. The first-order chi connectivity index (χ1) is 18.0. The zero-order valence-electron chi connectivity index (χ0n) is 22.2. The third-order valence-electron chi connectivity index (χ3n) is 5.42. The maximum absolute atomic E-state index is 13.1. The van der Waals surface area contributed by atoms with Gasteiger partial charge in [0.05, 0.1) is 18.7 Å². The Morgan fingerprint density at radius 1 is 1.21 bits per heavy atom. The molecule has 12 heteroatoms. The molecule has 2 bridgehead atoms. The smallest absolute Gasteiger partial charge is 0.329 e. The molecule has 0 spiro atoms. The minimum Gasteiger partial charge on any atom is -0.456 e. The van der Waals surface area contributed by atoms with E-state index in [-0.39, 0.29) is 41.3 Å². The average molecular weight is 563 g/mol. The van der Waals surface area contributed by atoms with E-state index in [4.69, 9.17) is 4.74 Å². The molecule has 10 nitrogen and oxygen atoms in total. The van der Waals surface area contributed by atoms with Gasteiger partial charge in [0.1, 0.15) is 23.5 Å². The van der Waals surface area contributed by atoms with Crippen molar-refractivity contribution < 1.29 is 28.7 Å². The number of amides is 3. The molecule has 2 rings (SSSR count). The van der Waals surface area contributed by atoms with Crippen LogP contribution in [0.2, 0.25) is 0 Å². The molecule has 0 unspecified atom stereocenters. The lowest BCUT2D eigenvalue weighted by Crippen LogP contribution is -2.48. The van der Waals surface area contributed by atoms with E-state index in [1.165, 1.54) is 36.5 Å². The molecule has 1 aromatic rings. The van der Waals surface area contributed by atoms with Crippen LogP contribution in [-0.2, 0) is 30.5 Å². The highest BCUT2D eigenvalue weighted by Crippen LogP contribution is 2.20. The highest BCUT2D eigenvalue weighted by atomic mass is 32.2. The Morgan fingerprint density at radius 3 is 2.58 bits per heavy atom. The summed E-state index contributed by atoms with van der Waals surface area (Å²) in [5.41, 5.74) is 0.531. The van der Waals surface area contributed by atoms with E-state index >= 15 is 0 Å². The summed E-state index contributed by atoms with van der Waals surface area (Å²) in [6, 6.07) is 2.24. The average Bonchev–Trinajstić information content (AvgIpc) is 2.87. The number of allylic oxidation sites excluding steroid dienone is 2. The molecule has 0 saturated heterocycles. The minimum absolute atomic E-state index is 0.00316. The summed E-state index contributed by atoms with van der Waals surface area (Å²) in [5, 5.41) is 7.96. The highest BCUT2D eigenvalue weighted by molar-refractivity contribution is 8.13. The third kappa shape index (κ3) is 9.64. The maximum Gasteiger partial charge on any atom is 0.329 e. The fourth-order valence-corrected chi connectivity index (χ4v) is 4.52. The van der Waals surface area contributed by atoms with Gasteiger partial charge in [-0.25, -0.2) is 9.78 Å². The second-order valence-corrected chi connectivity index (χ2v) is 10.8. The van der Waals surface area contributed by atoms with Crippen LogP contribution in [0.5, 0.6) is 0 Å². The van der Waals surface area contributed by atoms with Crippen LogP contribution < -0.4 is 16.0 Å². The molecule has 1 aliphatic heterocycles. The van der Waals surface area contributed by atoms with E-state index < -0.39 is 29.9 Å². The number of nitrogens with zero attached hydrogens (tertiary/aromatic N) is 1. The summed E-state index contributed by atoms with van der Waals surface area (Å²) in [6.45, 7) is 6.62. The number of esters is 1. The molecular formula is C26H34N4O6S2. The van der Waals surface area contributed by atoms with Gasteiger partial charge in [0.25, 0.3) is 11.8 Å². The first-order valence-corrected chi connectivity index (χ1v) is 14.4. The van der Waals surface area contributed by atoms with Crippen molar-refractivity contribution in [2.45, 2.75) is 64.1 Å². The Kier molecular flexibility index (Phi) is 12.5. The van der Waals surface area contributed by atoms with Crippen LogP contribution in [-0.4, -0.2) is 57.9 Å². The van der Waals surface area contributed by atoms with Gasteiger partial charge in [-0.15, -0.1) is 11.8 Å². The van der Waals surface area contributed by atoms with E-state index in [1.54, 1.807) is 45.1 Å². The minimum atomic E-state index is -1.03. The molecule has 206 valence electrons. The van der Waals surface area contributed by atoms with Crippen LogP contribution in [0.4, 0.5) is 0 Å². The van der Waals surface area contributed by atoms with Crippen LogP contribution in [0.1, 0.15) is 56.7 Å². The number of thioether (sulfide) groups is 2. The van der Waals surface area contributed by atoms with Gasteiger partial charge in [-0.3, -0.25) is 19.2 Å². The zero-order chi connectivity index (χ0) is 28.2. The lowest BCUT2D eigenvalue weighted by Gasteiger charge is -2.24. The maximum atomic E-state index is 13.1. The lowest BCUT2D eigenvalue weighted by molar-refractivity contribution is -0.153. The predicted molar refractivity (Wildman–Crippen MR) is 147 cm³/mol. The molecule has 0 saturated carbocycles. The van der Waals surface area contributed by atoms with Crippen molar-refractivity contribution in [3.8, 4) is 0 Å². The quantitative estimate of drug-likeness (QED) is 0.157. The molecule has 2 heterocycles. The Bertz CT molecular complexity index is 1120. The topological polar surface area (TPSA) is 144 Å². The normalized spacial score (nSPS) is 20.7. The van der Waals surface area contributed by atoms with Crippen molar-refractivity contribution in [3.05, 3.63) is 47.4 Å². The SMILES string of the molecule is C/C=C1\NC(=O)c2ccc(SC)c(n2)CNC(=O)C[C@@H](/C=C/CCSC(C)=O)OC(=O)[C@H](C(C)C)NC1=O. The van der Waals surface area contributed by atoms with Gasteiger partial charge in [-0.2, -0.15) is 0 Å². The van der Waals surface area contributed by atoms with Gasteiger partial charge in [-0.1, -0.05) is 37.8 Å². The number of pyridine rings is 1. The molecule has 38 heavy (non-hydrogen) atoms. The number of rotatable bonds is 6. The van der Waals surface area contributed by atoms with Crippen molar-refractivity contribution >= 4 is 52.3 Å². The molecule has 3 N–H and O–H groups in total. The number of aromatic nitrogens is 1. The summed E-state index contributed by atoms with van der Waals surface area (Å²) >= 11 is 2.59. The van der Waals surface area contributed by atoms with E-state index in [0.29, 0.717) is 17.9 Å². The first kappa shape index (κ1) is 31.1. The number of nitrogens with one attached hydrogen (secondary N) is 3. The van der Waals surface area contributed by atoms with Gasteiger partial charge in [0, 0.05) is 17.6 Å². The Balaban J connectivity index is 2.40. The number of ether oxygens (including phenoxy) is 1. The lowest BCUT2D eigenvalue weighted by atomic mass is 10.0. The number of fused-ring (bicyclic) bond motifs is 2. The summed E-state index contributed by atoms with van der Waals surface area (Å²) in [4.78, 5) is 68.0. The monoisotopic (exact) mass is 562 g/mol. The fraction of sp³-hybridized carbons (Fsp3) is 0.462. The number of carbonyl (C=O) groups is 5. The van der Waals surface area contributed by atoms with Crippen LogP contribution >= 0.6 is 23.5 Å². The molecule has 0 radical (unpaired) electrons. The van der Waals surface area contributed by atoms with E-state index in [9.17, 15) is 24.0 Å². The summed E-state index contributed by atoms with van der Waals surface area (Å²) < 4.78 is 5.65. The molecule has 0 aliphatic carbocycles. The zero-order valence-corrected chi connectivity index (χ0v) is 23.8. The summed E-state index contributed by atoms with van der Waals surface area (Å²) in [6.07, 6.45) is 6.15. The highest BCUT2D eigenvalue weighted by Gasteiger charge is 2.30. The Labute approximate surface area is 231 Å². The number of carbonyl (C=O) groups excluding carboxylic acids is 5. The van der Waals surface area contributed by atoms with Crippen molar-refractivity contribution in [1.29, 1.82) is 0 Å². The standard InChI is InChI=1S/C26H34N4O6S2/c1-6-18-24(33)30-23(15(2)3)26(35)36-17(9-7-8-12-38-16(4)31)13-22(32)27-14-20-21(37-5)11-10-19(28-20)25(34)29-18/h6-7,9-11,15,17,23H,8,12-14H2,1-5H3,(H,27,32)(H,29,34)(H,30,33)/b9-7+,18-6-/t17-,23+/m1/s1. The van der Waals surface area contributed by atoms with Crippen molar-refractivity contribution in [2.24, 2.45) is 5.92 Å². The van der Waals surface area contributed by atoms with Gasteiger partial charge in [-0.05, 0) is 43.7 Å². The second kappa shape index (κ2) is 15.3. The van der Waals surface area contributed by atoms with Crippen LogP contribution in [0.15, 0.2) is 41.0 Å². The predicted octanol–water partition coefficient (Wildman–Crippen LogP) is 2.74. The van der Waals surface area contributed by atoms with Crippen molar-refractivity contribution in [3.63, 3.8) is 0 Å².